The average Bonchev–Trinajstić information content (AvgIpc) is 3.08. The molecule has 0 bridgehead atoms. The number of hydrogen-bond donors (Lipinski definition) is 0. The van der Waals surface area contributed by atoms with Gasteiger partial charge in [0, 0.05) is 19.8 Å². The van der Waals surface area contributed by atoms with E-state index in [1.807, 2.05) is 38.1 Å². The molecule has 0 N–H and O–H groups in total. The first kappa shape index (κ1) is 54.3. The summed E-state index contributed by atoms with van der Waals surface area (Å²) in [5.41, 5.74) is 0. The molecule has 0 spiro atoms. The average molecular weight is 748 g/mol. The zero-order chi connectivity index (χ0) is 36.6. The Labute approximate surface area is 358 Å². The number of hydrogen-bond acceptors (Lipinski definition) is 7. The summed E-state index contributed by atoms with van der Waals surface area (Å²) in [6.45, 7) is 12.3. The van der Waals surface area contributed by atoms with Crippen molar-refractivity contribution in [2.24, 2.45) is 5.92 Å². The van der Waals surface area contributed by atoms with E-state index in [9.17, 15) is 9.59 Å². The molecule has 0 atom stereocenters. The van der Waals surface area contributed by atoms with Crippen molar-refractivity contribution in [1.29, 1.82) is 0 Å². The molecule has 0 aliphatic heterocycles. The van der Waals surface area contributed by atoms with Gasteiger partial charge in [-0.05, 0) is 83.6 Å². The zero-order valence-corrected chi connectivity index (χ0v) is 37.7. The van der Waals surface area contributed by atoms with Crippen molar-refractivity contribution in [3.05, 3.63) is 31.2 Å². The van der Waals surface area contributed by atoms with E-state index >= 15 is 0 Å². The van der Waals surface area contributed by atoms with Crippen molar-refractivity contribution in [2.75, 3.05) is 40.5 Å². The molecule has 50 heavy (non-hydrogen) atoms. The van der Waals surface area contributed by atoms with Gasteiger partial charge in [0.1, 0.15) is 13.2 Å². The SMILES string of the molecule is CCCCCC/C=C\COC(=O)CCCCCCCC(CCCCCCCC(=O)OC/C=C\CCCCCC)COC(C)=S.[CH2-]CN(C)C.[K+]. The predicted molar refractivity (Wildman–Crippen MR) is 214 cm³/mol. The largest absolute Gasteiger partial charge is 1.00 e. The Balaban J connectivity index is -0.00000341. The van der Waals surface area contributed by atoms with E-state index in [0.29, 0.717) is 43.6 Å². The molecule has 0 saturated carbocycles. The molecule has 0 aromatic heterocycles. The summed E-state index contributed by atoms with van der Waals surface area (Å²) in [5, 5.41) is 0.624. The summed E-state index contributed by atoms with van der Waals surface area (Å²) in [4.78, 5) is 25.9. The molecular formula is C42H78KNO5S. The third kappa shape index (κ3) is 47.9. The van der Waals surface area contributed by atoms with Crippen LogP contribution >= 0.6 is 12.2 Å². The maximum Gasteiger partial charge on any atom is 1.00 e. The Kier molecular flexibility index (Phi) is 48.9. The molecule has 288 valence electrons. The molecule has 0 radical (unpaired) electrons. The topological polar surface area (TPSA) is 65.1 Å². The van der Waals surface area contributed by atoms with Gasteiger partial charge in [-0.3, -0.25) is 9.59 Å². The van der Waals surface area contributed by atoms with Crippen LogP contribution in [0.15, 0.2) is 24.3 Å². The Morgan fingerprint density at radius 3 is 1.38 bits per heavy atom. The second-order valence-corrected chi connectivity index (χ2v) is 14.2. The van der Waals surface area contributed by atoms with Gasteiger partial charge in [0.2, 0.25) is 0 Å². The predicted octanol–water partition coefficient (Wildman–Crippen LogP) is 8.95. The summed E-state index contributed by atoms with van der Waals surface area (Å²) in [6, 6.07) is 0. The molecule has 0 aliphatic carbocycles. The number of unbranched alkanes of at least 4 members (excludes halogenated alkanes) is 16. The van der Waals surface area contributed by atoms with Crippen LogP contribution in [0.2, 0.25) is 0 Å². The molecule has 0 heterocycles. The first-order valence-electron chi connectivity index (χ1n) is 19.9. The molecule has 0 aromatic rings. The fourth-order valence-electron chi connectivity index (χ4n) is 5.19. The van der Waals surface area contributed by atoms with Crippen LogP contribution in [0.4, 0.5) is 0 Å². The minimum absolute atomic E-state index is 0. The number of rotatable bonds is 33. The molecular weight excluding hydrogens is 670 g/mol. The van der Waals surface area contributed by atoms with E-state index in [0.717, 1.165) is 70.8 Å². The monoisotopic (exact) mass is 748 g/mol. The number of ether oxygens (including phenoxy) is 3. The number of allylic oxidation sites excluding steroid dienone is 2. The number of thiocarbonyl (C=S) groups is 1. The van der Waals surface area contributed by atoms with Gasteiger partial charge in [-0.1, -0.05) is 128 Å². The van der Waals surface area contributed by atoms with Crippen LogP contribution in [0, 0.1) is 12.8 Å². The van der Waals surface area contributed by atoms with Crippen molar-refractivity contribution in [3.63, 3.8) is 0 Å². The van der Waals surface area contributed by atoms with Gasteiger partial charge in [-0.25, -0.2) is 0 Å². The molecule has 8 heteroatoms. The standard InChI is InChI=1S/C38H68O5S.C4H10N.K/c1-4-6-8-10-12-20-26-32-41-37(39)30-24-18-14-16-22-28-36(34-43-35(3)44)29-23-17-15-19-25-31-38(40)42-33-27-21-13-11-9-7-5-2;1-4-5(2)3;/h20-21,26-27,36H,4-19,22-25,28-34H2,1-3H3;1,4H2,2-3H3;/q;-1;+1/b26-20-,27-21-;;. The number of carbonyl (C=O) groups excluding carboxylic acids is 2. The van der Waals surface area contributed by atoms with E-state index in [1.165, 1.54) is 77.0 Å². The van der Waals surface area contributed by atoms with Crippen molar-refractivity contribution >= 4 is 29.2 Å². The molecule has 0 amide bonds. The van der Waals surface area contributed by atoms with Crippen LogP contribution in [0.1, 0.15) is 175 Å². The van der Waals surface area contributed by atoms with E-state index in [1.54, 1.807) is 0 Å². The third-order valence-corrected chi connectivity index (χ3v) is 8.54. The maximum atomic E-state index is 11.9. The summed E-state index contributed by atoms with van der Waals surface area (Å²) < 4.78 is 16.3. The van der Waals surface area contributed by atoms with Gasteiger partial charge < -0.3 is 26.0 Å². The Morgan fingerprint density at radius 1 is 0.620 bits per heavy atom. The van der Waals surface area contributed by atoms with Crippen molar-refractivity contribution in [1.82, 2.24) is 4.90 Å². The van der Waals surface area contributed by atoms with Crippen molar-refractivity contribution in [3.8, 4) is 0 Å². The molecule has 6 nitrogen and oxygen atoms in total. The van der Waals surface area contributed by atoms with E-state index in [4.69, 9.17) is 26.4 Å². The van der Waals surface area contributed by atoms with Crippen LogP contribution in [0.5, 0.6) is 0 Å². The van der Waals surface area contributed by atoms with E-state index in [2.05, 4.69) is 32.9 Å². The zero-order valence-electron chi connectivity index (χ0n) is 33.8. The van der Waals surface area contributed by atoms with Gasteiger partial charge in [0.25, 0.3) is 0 Å². The minimum atomic E-state index is -0.0791. The smallest absolute Gasteiger partial charge is 0.487 e. The van der Waals surface area contributed by atoms with Gasteiger partial charge in [-0.15, -0.1) is 6.54 Å². The number of nitrogens with zero attached hydrogens (tertiary/aromatic N) is 1. The summed E-state index contributed by atoms with van der Waals surface area (Å²) in [5.74, 6) is 0.381. The Morgan fingerprint density at radius 2 is 1.00 bits per heavy atom. The van der Waals surface area contributed by atoms with Crippen molar-refractivity contribution in [2.45, 2.75) is 175 Å². The molecule has 0 saturated heterocycles. The third-order valence-electron chi connectivity index (χ3n) is 8.42. The maximum absolute atomic E-state index is 11.9. The van der Waals surface area contributed by atoms with Gasteiger partial charge in [0.05, 0.1) is 6.61 Å². The first-order chi connectivity index (χ1) is 23.8. The quantitative estimate of drug-likeness (QED) is 0.0166. The van der Waals surface area contributed by atoms with Gasteiger partial charge >= 0.3 is 63.3 Å². The van der Waals surface area contributed by atoms with Crippen LogP contribution < -0.4 is 51.4 Å². The number of carbonyl (C=O) groups is 2. The normalized spacial score (nSPS) is 11.1. The second-order valence-electron chi connectivity index (χ2n) is 13.6. The second kappa shape index (κ2) is 45.1. The van der Waals surface area contributed by atoms with Crippen LogP contribution in [-0.2, 0) is 23.8 Å². The summed E-state index contributed by atoms with van der Waals surface area (Å²) >= 11 is 5.13. The number of esters is 2. The molecule has 0 rings (SSSR count). The summed E-state index contributed by atoms with van der Waals surface area (Å²) in [7, 11) is 3.99. The fraction of sp³-hybridized carbons (Fsp3) is 0.810. The van der Waals surface area contributed by atoms with E-state index in [-0.39, 0.29) is 63.3 Å². The molecule has 0 aromatic carbocycles. The molecule has 0 unspecified atom stereocenters. The first-order valence-corrected chi connectivity index (χ1v) is 20.4. The molecule has 0 fully saturated rings. The Hall–Kier alpha value is -0.0936. The van der Waals surface area contributed by atoms with E-state index < -0.39 is 0 Å². The van der Waals surface area contributed by atoms with Crippen LogP contribution in [-0.4, -0.2) is 62.3 Å². The van der Waals surface area contributed by atoms with Crippen LogP contribution in [0.25, 0.3) is 0 Å². The van der Waals surface area contributed by atoms with Gasteiger partial charge in [0.15, 0.2) is 5.05 Å². The van der Waals surface area contributed by atoms with Crippen LogP contribution in [0.3, 0.4) is 0 Å². The van der Waals surface area contributed by atoms with Crippen molar-refractivity contribution < 1.29 is 75.2 Å². The Bertz CT molecular complexity index is 753. The van der Waals surface area contributed by atoms with Gasteiger partial charge in [-0.2, -0.15) is 0 Å². The fourth-order valence-corrected chi connectivity index (χ4v) is 5.26. The minimum Gasteiger partial charge on any atom is -0.487 e. The summed E-state index contributed by atoms with van der Waals surface area (Å²) in [6.07, 6.45) is 34.9. The molecule has 0 aliphatic rings.